The Hall–Kier alpha value is -3.35. The highest BCUT2D eigenvalue weighted by atomic mass is 16.5. The summed E-state index contributed by atoms with van der Waals surface area (Å²) in [7, 11) is 1.28. The molecule has 2 rings (SSSR count). The maximum atomic E-state index is 12.1. The van der Waals surface area contributed by atoms with Gasteiger partial charge < -0.3 is 20.1 Å². The molecule has 0 aliphatic rings. The fourth-order valence-corrected chi connectivity index (χ4v) is 2.10. The SMILES string of the molecule is COC(=O)c1ccc(NC(=O)C(=O)Nc2ccccc2OC(C)C)cc1. The van der Waals surface area contributed by atoms with Gasteiger partial charge in [0, 0.05) is 5.69 Å². The van der Waals surface area contributed by atoms with Gasteiger partial charge in [0.05, 0.1) is 24.5 Å². The van der Waals surface area contributed by atoms with Gasteiger partial charge in [-0.15, -0.1) is 0 Å². The molecule has 0 fully saturated rings. The molecule has 2 amide bonds. The number of hydrogen-bond acceptors (Lipinski definition) is 5. The Labute approximate surface area is 151 Å². The maximum Gasteiger partial charge on any atom is 0.337 e. The Morgan fingerprint density at radius 1 is 0.885 bits per heavy atom. The summed E-state index contributed by atoms with van der Waals surface area (Å²) in [6, 6.07) is 12.9. The molecule has 0 radical (unpaired) electrons. The molecule has 0 aromatic heterocycles. The van der Waals surface area contributed by atoms with Gasteiger partial charge in [-0.05, 0) is 50.2 Å². The predicted molar refractivity (Wildman–Crippen MR) is 97.2 cm³/mol. The zero-order valence-corrected chi connectivity index (χ0v) is 14.7. The molecular formula is C19H20N2O5. The van der Waals surface area contributed by atoms with Crippen LogP contribution >= 0.6 is 0 Å². The van der Waals surface area contributed by atoms with E-state index in [9.17, 15) is 14.4 Å². The first-order valence-corrected chi connectivity index (χ1v) is 7.97. The molecule has 0 spiro atoms. The molecule has 26 heavy (non-hydrogen) atoms. The highest BCUT2D eigenvalue weighted by Gasteiger charge is 2.16. The summed E-state index contributed by atoms with van der Waals surface area (Å²) < 4.78 is 10.2. The number of anilines is 2. The molecule has 0 saturated heterocycles. The van der Waals surface area contributed by atoms with E-state index in [1.54, 1.807) is 24.3 Å². The van der Waals surface area contributed by atoms with E-state index in [0.717, 1.165) is 0 Å². The largest absolute Gasteiger partial charge is 0.489 e. The van der Waals surface area contributed by atoms with Crippen molar-refractivity contribution in [1.82, 2.24) is 0 Å². The zero-order chi connectivity index (χ0) is 19.1. The Morgan fingerprint density at radius 2 is 1.50 bits per heavy atom. The van der Waals surface area contributed by atoms with Crippen LogP contribution in [0.4, 0.5) is 11.4 Å². The Bertz CT molecular complexity index is 800. The number of carbonyl (C=O) groups is 3. The van der Waals surface area contributed by atoms with Crippen molar-refractivity contribution < 1.29 is 23.9 Å². The van der Waals surface area contributed by atoms with Crippen LogP contribution in [0.1, 0.15) is 24.2 Å². The summed E-state index contributed by atoms with van der Waals surface area (Å²) in [5.41, 5.74) is 1.13. The van der Waals surface area contributed by atoms with E-state index in [1.165, 1.54) is 31.4 Å². The molecule has 2 aromatic rings. The number of para-hydroxylation sites is 2. The first-order valence-electron chi connectivity index (χ1n) is 7.97. The van der Waals surface area contributed by atoms with Crippen molar-refractivity contribution in [3.8, 4) is 5.75 Å². The molecule has 0 atom stereocenters. The zero-order valence-electron chi connectivity index (χ0n) is 14.7. The minimum Gasteiger partial charge on any atom is -0.489 e. The van der Waals surface area contributed by atoms with Crippen LogP contribution in [-0.2, 0) is 14.3 Å². The molecule has 0 heterocycles. The fourth-order valence-electron chi connectivity index (χ4n) is 2.10. The summed E-state index contributed by atoms with van der Waals surface area (Å²) in [6.45, 7) is 3.73. The normalized spacial score (nSPS) is 10.2. The maximum absolute atomic E-state index is 12.1. The van der Waals surface area contributed by atoms with Crippen molar-refractivity contribution in [3.63, 3.8) is 0 Å². The van der Waals surface area contributed by atoms with Gasteiger partial charge in [0.1, 0.15) is 5.75 Å². The van der Waals surface area contributed by atoms with Crippen molar-refractivity contribution in [1.29, 1.82) is 0 Å². The molecule has 2 N–H and O–H groups in total. The van der Waals surface area contributed by atoms with E-state index >= 15 is 0 Å². The van der Waals surface area contributed by atoms with Crippen LogP contribution in [0.2, 0.25) is 0 Å². The van der Waals surface area contributed by atoms with Crippen molar-refractivity contribution in [3.05, 3.63) is 54.1 Å². The lowest BCUT2D eigenvalue weighted by Crippen LogP contribution is -2.29. The van der Waals surface area contributed by atoms with Gasteiger partial charge in [-0.2, -0.15) is 0 Å². The van der Waals surface area contributed by atoms with Crippen molar-refractivity contribution >= 4 is 29.2 Å². The van der Waals surface area contributed by atoms with Gasteiger partial charge in [-0.1, -0.05) is 12.1 Å². The first kappa shape index (κ1) is 19.0. The second-order valence-electron chi connectivity index (χ2n) is 5.64. The summed E-state index contributed by atoms with van der Waals surface area (Å²) in [6.07, 6.45) is -0.0739. The van der Waals surface area contributed by atoms with Crippen LogP contribution in [0.3, 0.4) is 0 Å². The summed E-state index contributed by atoms with van der Waals surface area (Å²) in [4.78, 5) is 35.6. The van der Waals surface area contributed by atoms with Gasteiger partial charge in [0.2, 0.25) is 0 Å². The highest BCUT2D eigenvalue weighted by Crippen LogP contribution is 2.24. The number of nitrogens with one attached hydrogen (secondary N) is 2. The number of esters is 1. The van der Waals surface area contributed by atoms with Gasteiger partial charge in [0.25, 0.3) is 0 Å². The number of ether oxygens (including phenoxy) is 2. The molecule has 7 heteroatoms. The van der Waals surface area contributed by atoms with Crippen LogP contribution in [0.15, 0.2) is 48.5 Å². The summed E-state index contributed by atoms with van der Waals surface area (Å²) >= 11 is 0. The lowest BCUT2D eigenvalue weighted by atomic mass is 10.2. The van der Waals surface area contributed by atoms with Crippen LogP contribution in [0, 0.1) is 0 Å². The molecule has 7 nitrogen and oxygen atoms in total. The number of hydrogen-bond donors (Lipinski definition) is 2. The number of carbonyl (C=O) groups excluding carboxylic acids is 3. The second kappa shape index (κ2) is 8.66. The van der Waals surface area contributed by atoms with E-state index in [1.807, 2.05) is 13.8 Å². The van der Waals surface area contributed by atoms with Crippen molar-refractivity contribution in [2.24, 2.45) is 0 Å². The van der Waals surface area contributed by atoms with E-state index in [0.29, 0.717) is 22.7 Å². The quantitative estimate of drug-likeness (QED) is 0.635. The number of amides is 2. The molecule has 0 bridgehead atoms. The lowest BCUT2D eigenvalue weighted by Gasteiger charge is -2.14. The van der Waals surface area contributed by atoms with E-state index in [4.69, 9.17) is 4.74 Å². The van der Waals surface area contributed by atoms with Gasteiger partial charge in [-0.25, -0.2) is 4.79 Å². The molecule has 0 saturated carbocycles. The minimum atomic E-state index is -0.838. The van der Waals surface area contributed by atoms with E-state index < -0.39 is 17.8 Å². The third kappa shape index (κ3) is 5.07. The average Bonchev–Trinajstić information content (AvgIpc) is 2.62. The van der Waals surface area contributed by atoms with Gasteiger partial charge >= 0.3 is 17.8 Å². The van der Waals surface area contributed by atoms with Gasteiger partial charge in [-0.3, -0.25) is 9.59 Å². The second-order valence-corrected chi connectivity index (χ2v) is 5.64. The summed E-state index contributed by atoms with van der Waals surface area (Å²) in [5, 5.41) is 4.99. The van der Waals surface area contributed by atoms with Crippen LogP contribution < -0.4 is 15.4 Å². The average molecular weight is 356 g/mol. The molecule has 0 aliphatic carbocycles. The number of rotatable bonds is 5. The van der Waals surface area contributed by atoms with E-state index in [-0.39, 0.29) is 6.10 Å². The van der Waals surface area contributed by atoms with Crippen LogP contribution in [0.25, 0.3) is 0 Å². The molecule has 0 unspecified atom stereocenters. The molecule has 136 valence electrons. The van der Waals surface area contributed by atoms with Crippen molar-refractivity contribution in [2.45, 2.75) is 20.0 Å². The van der Waals surface area contributed by atoms with Crippen molar-refractivity contribution in [2.75, 3.05) is 17.7 Å². The van der Waals surface area contributed by atoms with Crippen LogP contribution in [-0.4, -0.2) is 31.0 Å². The smallest absolute Gasteiger partial charge is 0.337 e. The third-order valence-electron chi connectivity index (χ3n) is 3.27. The Balaban J connectivity index is 2.02. The van der Waals surface area contributed by atoms with Gasteiger partial charge in [0.15, 0.2) is 0 Å². The topological polar surface area (TPSA) is 93.7 Å². The molecule has 2 aromatic carbocycles. The Kier molecular flexibility index (Phi) is 6.32. The first-order chi connectivity index (χ1) is 12.4. The molecule has 0 aliphatic heterocycles. The minimum absolute atomic E-state index is 0.0739. The fraction of sp³-hybridized carbons (Fsp3) is 0.211. The lowest BCUT2D eigenvalue weighted by molar-refractivity contribution is -0.133. The predicted octanol–water partition coefficient (Wildman–Crippen LogP) is 2.84. The molecular weight excluding hydrogens is 336 g/mol. The Morgan fingerprint density at radius 3 is 2.12 bits per heavy atom. The number of methoxy groups -OCH3 is 1. The van der Waals surface area contributed by atoms with Crippen LogP contribution in [0.5, 0.6) is 5.75 Å². The standard InChI is InChI=1S/C19H20N2O5/c1-12(2)26-16-7-5-4-6-15(16)21-18(23)17(22)20-14-10-8-13(9-11-14)19(24)25-3/h4-12H,1-3H3,(H,20,22)(H,21,23). The highest BCUT2D eigenvalue weighted by molar-refractivity contribution is 6.43. The number of benzene rings is 2. The summed E-state index contributed by atoms with van der Waals surface area (Å²) in [5.74, 6) is -1.68. The third-order valence-corrected chi connectivity index (χ3v) is 3.27. The van der Waals surface area contributed by atoms with E-state index in [2.05, 4.69) is 15.4 Å². The monoisotopic (exact) mass is 356 g/mol.